The first-order valence-electron chi connectivity index (χ1n) is 5.19. The number of rotatable bonds is 2. The highest BCUT2D eigenvalue weighted by Gasteiger charge is 2.11. The van der Waals surface area contributed by atoms with E-state index < -0.39 is 0 Å². The lowest BCUT2D eigenvalue weighted by atomic mass is 10.3. The van der Waals surface area contributed by atoms with Crippen molar-refractivity contribution in [1.82, 2.24) is 4.90 Å². The number of ether oxygens (including phenoxy) is 1. The van der Waals surface area contributed by atoms with Crippen molar-refractivity contribution in [3.63, 3.8) is 0 Å². The Bertz CT molecular complexity index is 368. The molecule has 1 aromatic heterocycles. The van der Waals surface area contributed by atoms with Crippen LogP contribution in [0.25, 0.3) is 0 Å². The Kier molecular flexibility index (Phi) is 3.79. The van der Waals surface area contributed by atoms with Crippen LogP contribution in [0, 0.1) is 11.8 Å². The smallest absolute Gasteiger partial charge is 0.0594 e. The van der Waals surface area contributed by atoms with Gasteiger partial charge in [0.1, 0.15) is 0 Å². The molecule has 0 aromatic carbocycles. The van der Waals surface area contributed by atoms with Gasteiger partial charge in [0.05, 0.1) is 13.2 Å². The van der Waals surface area contributed by atoms with Gasteiger partial charge in [0.2, 0.25) is 0 Å². The largest absolute Gasteiger partial charge is 0.379 e. The van der Waals surface area contributed by atoms with E-state index in [2.05, 4.69) is 28.2 Å². The molecule has 0 aliphatic carbocycles. The maximum atomic E-state index is 5.32. The van der Waals surface area contributed by atoms with E-state index in [4.69, 9.17) is 4.74 Å². The van der Waals surface area contributed by atoms with Gasteiger partial charge >= 0.3 is 0 Å². The van der Waals surface area contributed by atoms with Crippen LogP contribution in [0.3, 0.4) is 0 Å². The normalized spacial score (nSPS) is 17.1. The second kappa shape index (κ2) is 5.32. The summed E-state index contributed by atoms with van der Waals surface area (Å²) in [5.74, 6) is 6.01. The molecule has 0 amide bonds. The highest BCUT2D eigenvalue weighted by molar-refractivity contribution is 7.10. The average Bonchev–Trinajstić information content (AvgIpc) is 2.68. The van der Waals surface area contributed by atoms with Crippen LogP contribution in [0.4, 0.5) is 0 Å². The van der Waals surface area contributed by atoms with E-state index in [0.29, 0.717) is 0 Å². The fourth-order valence-corrected chi connectivity index (χ4v) is 2.51. The lowest BCUT2D eigenvalue weighted by Gasteiger charge is -2.25. The molecule has 80 valence electrons. The number of nitrogens with zero attached hydrogens (tertiary/aromatic N) is 1. The molecule has 15 heavy (non-hydrogen) atoms. The van der Waals surface area contributed by atoms with Gasteiger partial charge in [0.15, 0.2) is 0 Å². The summed E-state index contributed by atoms with van der Waals surface area (Å²) < 4.78 is 5.32. The molecule has 2 heterocycles. The molecule has 0 saturated carbocycles. The van der Waals surface area contributed by atoms with Gasteiger partial charge in [-0.25, -0.2) is 0 Å². The molecule has 2 rings (SSSR count). The summed E-state index contributed by atoms with van der Waals surface area (Å²) in [4.78, 5) is 3.83. The highest BCUT2D eigenvalue weighted by Crippen LogP contribution is 2.16. The quantitative estimate of drug-likeness (QED) is 0.708. The second-order valence-corrected chi connectivity index (χ2v) is 4.56. The summed E-state index contributed by atoms with van der Waals surface area (Å²) in [5.41, 5.74) is 1.14. The average molecular weight is 221 g/mol. The third-order valence-electron chi connectivity index (χ3n) is 2.41. The van der Waals surface area contributed by atoms with Gasteiger partial charge in [-0.3, -0.25) is 4.90 Å². The van der Waals surface area contributed by atoms with Crippen LogP contribution >= 0.6 is 11.3 Å². The lowest BCUT2D eigenvalue weighted by molar-refractivity contribution is 0.0346. The Morgan fingerprint density at radius 2 is 2.27 bits per heavy atom. The predicted octanol–water partition coefficient (Wildman–Crippen LogP) is 1.95. The molecule has 1 fully saturated rings. The number of thiophene rings is 1. The summed E-state index contributed by atoms with van der Waals surface area (Å²) in [6, 6.07) is 2.19. The van der Waals surface area contributed by atoms with E-state index in [1.165, 1.54) is 4.88 Å². The van der Waals surface area contributed by atoms with Crippen molar-refractivity contribution >= 4 is 11.3 Å². The molecular formula is C12H15NOS. The minimum absolute atomic E-state index is 0.868. The Hall–Kier alpha value is -0.820. The number of hydrogen-bond donors (Lipinski definition) is 0. The van der Waals surface area contributed by atoms with Crippen LogP contribution in [0.5, 0.6) is 0 Å². The molecule has 1 aromatic rings. The third-order valence-corrected chi connectivity index (χ3v) is 3.33. The fraction of sp³-hybridized carbons (Fsp3) is 0.500. The van der Waals surface area contributed by atoms with Crippen LogP contribution in [0.15, 0.2) is 11.4 Å². The molecule has 2 nitrogen and oxygen atoms in total. The van der Waals surface area contributed by atoms with Gasteiger partial charge in [0.25, 0.3) is 0 Å². The topological polar surface area (TPSA) is 12.5 Å². The lowest BCUT2D eigenvalue weighted by Crippen LogP contribution is -2.35. The molecule has 1 saturated heterocycles. The molecule has 1 aliphatic rings. The summed E-state index contributed by atoms with van der Waals surface area (Å²) in [5, 5.41) is 2.13. The Balaban J connectivity index is 1.93. The van der Waals surface area contributed by atoms with Gasteiger partial charge in [-0.05, 0) is 13.0 Å². The molecule has 0 bridgehead atoms. The maximum absolute atomic E-state index is 5.32. The van der Waals surface area contributed by atoms with Gasteiger partial charge in [-0.15, -0.1) is 17.3 Å². The van der Waals surface area contributed by atoms with Gasteiger partial charge in [0, 0.05) is 35.5 Å². The Morgan fingerprint density at radius 3 is 3.00 bits per heavy atom. The zero-order chi connectivity index (χ0) is 10.5. The molecule has 0 radical (unpaired) electrons. The third kappa shape index (κ3) is 3.07. The first-order valence-corrected chi connectivity index (χ1v) is 6.07. The highest BCUT2D eigenvalue weighted by atomic mass is 32.1. The zero-order valence-corrected chi connectivity index (χ0v) is 9.77. The summed E-state index contributed by atoms with van der Waals surface area (Å²) in [6.45, 7) is 6.75. The minimum Gasteiger partial charge on any atom is -0.379 e. The second-order valence-electron chi connectivity index (χ2n) is 3.57. The monoisotopic (exact) mass is 221 g/mol. The van der Waals surface area contributed by atoms with Crippen LogP contribution in [0.2, 0.25) is 0 Å². The molecule has 3 heteroatoms. The van der Waals surface area contributed by atoms with E-state index in [1.807, 2.05) is 6.92 Å². The van der Waals surface area contributed by atoms with Crippen molar-refractivity contribution in [3.8, 4) is 11.8 Å². The SMILES string of the molecule is CC#Cc1csc(CN2CCOCC2)c1. The molecule has 0 atom stereocenters. The van der Waals surface area contributed by atoms with E-state index in [9.17, 15) is 0 Å². The molecule has 0 N–H and O–H groups in total. The van der Waals surface area contributed by atoms with Crippen LogP contribution < -0.4 is 0 Å². The van der Waals surface area contributed by atoms with Gasteiger partial charge < -0.3 is 4.74 Å². The minimum atomic E-state index is 0.868. The molecular weight excluding hydrogens is 206 g/mol. The van der Waals surface area contributed by atoms with Crippen molar-refractivity contribution in [2.24, 2.45) is 0 Å². The Labute approximate surface area is 94.9 Å². The fourth-order valence-electron chi connectivity index (χ4n) is 1.65. The predicted molar refractivity (Wildman–Crippen MR) is 63.0 cm³/mol. The molecule has 1 aliphatic heterocycles. The van der Waals surface area contributed by atoms with Crippen LogP contribution in [0.1, 0.15) is 17.4 Å². The number of morpholine rings is 1. The number of hydrogen-bond acceptors (Lipinski definition) is 3. The first kappa shape index (κ1) is 10.7. The first-order chi connectivity index (χ1) is 7.38. The van der Waals surface area contributed by atoms with E-state index >= 15 is 0 Å². The maximum Gasteiger partial charge on any atom is 0.0594 e. The van der Waals surface area contributed by atoms with Crippen molar-refractivity contribution in [3.05, 3.63) is 21.9 Å². The molecule has 0 spiro atoms. The summed E-state index contributed by atoms with van der Waals surface area (Å²) in [6.07, 6.45) is 0. The van der Waals surface area contributed by atoms with Crippen molar-refractivity contribution in [1.29, 1.82) is 0 Å². The zero-order valence-electron chi connectivity index (χ0n) is 8.95. The van der Waals surface area contributed by atoms with Gasteiger partial charge in [-0.1, -0.05) is 5.92 Å². The Morgan fingerprint density at radius 1 is 1.47 bits per heavy atom. The van der Waals surface area contributed by atoms with E-state index in [-0.39, 0.29) is 0 Å². The summed E-state index contributed by atoms with van der Waals surface area (Å²) >= 11 is 1.80. The van der Waals surface area contributed by atoms with Crippen molar-refractivity contribution < 1.29 is 4.74 Å². The van der Waals surface area contributed by atoms with Crippen LogP contribution in [-0.2, 0) is 11.3 Å². The summed E-state index contributed by atoms with van der Waals surface area (Å²) in [7, 11) is 0. The molecule has 0 unspecified atom stereocenters. The van der Waals surface area contributed by atoms with Crippen molar-refractivity contribution in [2.45, 2.75) is 13.5 Å². The van der Waals surface area contributed by atoms with E-state index in [1.54, 1.807) is 11.3 Å². The van der Waals surface area contributed by atoms with E-state index in [0.717, 1.165) is 38.4 Å². The standard InChI is InChI=1S/C12H15NOS/c1-2-3-11-8-12(15-10-11)9-13-4-6-14-7-5-13/h8,10H,4-7,9H2,1H3. The van der Waals surface area contributed by atoms with Crippen LogP contribution in [-0.4, -0.2) is 31.2 Å². The van der Waals surface area contributed by atoms with Crippen molar-refractivity contribution in [2.75, 3.05) is 26.3 Å². The van der Waals surface area contributed by atoms with Gasteiger partial charge in [-0.2, -0.15) is 0 Å².